The maximum atomic E-state index is 13.3. The monoisotopic (exact) mass is 678 g/mol. The first-order valence-electron chi connectivity index (χ1n) is 20.3. The molecule has 0 aromatic heterocycles. The van der Waals surface area contributed by atoms with Gasteiger partial charge in [-0.05, 0) is 84.1 Å². The van der Waals surface area contributed by atoms with Gasteiger partial charge in [0.2, 0.25) is 0 Å². The predicted molar refractivity (Wildman–Crippen MR) is 211 cm³/mol. The molecule has 1 N–H and O–H groups in total. The molecule has 1 atom stereocenters. The maximum absolute atomic E-state index is 13.3. The van der Waals surface area contributed by atoms with Crippen LogP contribution in [0.3, 0.4) is 0 Å². The number of unbranched alkanes of at least 4 members (excludes halogenated alkanes) is 18. The number of hydrogen-bond acceptors (Lipinski definition) is 4. The highest BCUT2D eigenvalue weighted by atomic mass is 31.2. The minimum absolute atomic E-state index is 0.0482. The molecule has 0 heterocycles. The molecule has 0 radical (unpaired) electrons. The SMILES string of the molecule is CCCCC/C=C\C/C=C\CCCCCCCCC(CCCCCCCC/C=C\C/C=C\CCCCC)OP(=O)(CC)OCCNC. The average molecular weight is 678 g/mol. The molecule has 0 rings (SSSR count). The first-order chi connectivity index (χ1) is 23.1. The Labute approximate surface area is 294 Å². The average Bonchev–Trinajstić information content (AvgIpc) is 3.07. The van der Waals surface area contributed by atoms with Crippen molar-refractivity contribution in [3.63, 3.8) is 0 Å². The van der Waals surface area contributed by atoms with Crippen LogP contribution < -0.4 is 5.32 Å². The Morgan fingerprint density at radius 2 is 0.915 bits per heavy atom. The van der Waals surface area contributed by atoms with Gasteiger partial charge in [0.1, 0.15) is 0 Å². The van der Waals surface area contributed by atoms with Gasteiger partial charge in [-0.1, -0.05) is 159 Å². The highest BCUT2D eigenvalue weighted by Gasteiger charge is 2.26. The summed E-state index contributed by atoms with van der Waals surface area (Å²) in [5.74, 6) is 0. The fourth-order valence-electron chi connectivity index (χ4n) is 5.68. The number of likely N-dealkylation sites (N-methyl/N-ethyl adjacent to an activating group) is 1. The van der Waals surface area contributed by atoms with Gasteiger partial charge in [-0.3, -0.25) is 4.57 Å². The number of nitrogens with one attached hydrogen (secondary N) is 1. The molecule has 5 heteroatoms. The molecule has 276 valence electrons. The summed E-state index contributed by atoms with van der Waals surface area (Å²) in [7, 11) is -1.14. The molecule has 0 aliphatic rings. The second kappa shape index (κ2) is 37.9. The van der Waals surface area contributed by atoms with Crippen molar-refractivity contribution in [2.24, 2.45) is 0 Å². The standard InChI is InChI=1S/C42H80NO3P/c1-5-8-10-12-14-16-18-20-22-24-26-28-30-32-34-36-38-42(46-47(44,7-3)45-41-40-43-4)39-37-35-33-31-29-27-25-23-21-19-17-15-13-11-9-6-2/h14-17,20-23,42-43H,5-13,18-19,24-41H2,1-4H3/b16-14-,17-15-,22-20-,23-21-. The summed E-state index contributed by atoms with van der Waals surface area (Å²) in [5.41, 5.74) is 0. The second-order valence-electron chi connectivity index (χ2n) is 13.3. The molecule has 0 aliphatic carbocycles. The van der Waals surface area contributed by atoms with E-state index in [1.807, 2.05) is 14.0 Å². The number of rotatable bonds is 37. The Balaban J connectivity index is 4.18. The van der Waals surface area contributed by atoms with E-state index < -0.39 is 7.60 Å². The summed E-state index contributed by atoms with van der Waals surface area (Å²) in [5, 5.41) is 3.07. The van der Waals surface area contributed by atoms with Crippen molar-refractivity contribution in [3.8, 4) is 0 Å². The topological polar surface area (TPSA) is 47.6 Å². The zero-order valence-corrected chi connectivity index (χ0v) is 32.8. The molecule has 0 aromatic rings. The minimum atomic E-state index is -3.03. The molecule has 0 spiro atoms. The van der Waals surface area contributed by atoms with Crippen LogP contribution in [0.25, 0.3) is 0 Å². The van der Waals surface area contributed by atoms with Crippen LogP contribution in [0, 0.1) is 0 Å². The van der Waals surface area contributed by atoms with Gasteiger partial charge in [-0.2, -0.15) is 0 Å². The molecule has 0 saturated carbocycles. The van der Waals surface area contributed by atoms with Crippen molar-refractivity contribution in [2.45, 2.75) is 194 Å². The van der Waals surface area contributed by atoms with Crippen LogP contribution in [-0.4, -0.2) is 32.5 Å². The first kappa shape index (κ1) is 46.1. The highest BCUT2D eigenvalue weighted by molar-refractivity contribution is 7.53. The van der Waals surface area contributed by atoms with Gasteiger partial charge >= 0.3 is 7.60 Å². The van der Waals surface area contributed by atoms with Crippen LogP contribution in [0.2, 0.25) is 0 Å². The van der Waals surface area contributed by atoms with Crippen LogP contribution in [0.5, 0.6) is 0 Å². The van der Waals surface area contributed by atoms with Crippen LogP contribution in [0.15, 0.2) is 48.6 Å². The Hall–Kier alpha value is -0.930. The van der Waals surface area contributed by atoms with E-state index in [1.54, 1.807) is 0 Å². The summed E-state index contributed by atoms with van der Waals surface area (Å²) in [6.07, 6.45) is 51.3. The maximum Gasteiger partial charge on any atom is 0.330 e. The molecular weight excluding hydrogens is 597 g/mol. The lowest BCUT2D eigenvalue weighted by atomic mass is 10.0. The third kappa shape index (κ3) is 34.7. The van der Waals surface area contributed by atoms with Gasteiger partial charge in [0.15, 0.2) is 0 Å². The molecule has 0 aromatic carbocycles. The quantitative estimate of drug-likeness (QED) is 0.0404. The van der Waals surface area contributed by atoms with Gasteiger partial charge in [-0.15, -0.1) is 0 Å². The van der Waals surface area contributed by atoms with E-state index in [2.05, 4.69) is 67.8 Å². The molecule has 0 saturated heterocycles. The fraction of sp³-hybridized carbons (Fsp3) is 0.810. The smallest absolute Gasteiger partial charge is 0.317 e. The van der Waals surface area contributed by atoms with Crippen molar-refractivity contribution in [2.75, 3.05) is 26.4 Å². The Morgan fingerprint density at radius 1 is 0.532 bits per heavy atom. The molecule has 4 nitrogen and oxygen atoms in total. The van der Waals surface area contributed by atoms with E-state index in [-0.39, 0.29) is 6.10 Å². The normalized spacial score (nSPS) is 13.8. The van der Waals surface area contributed by atoms with Gasteiger partial charge in [0.25, 0.3) is 0 Å². The van der Waals surface area contributed by atoms with Crippen molar-refractivity contribution in [1.82, 2.24) is 5.32 Å². The van der Waals surface area contributed by atoms with Crippen LogP contribution >= 0.6 is 7.60 Å². The third-order valence-electron chi connectivity index (χ3n) is 8.79. The lowest BCUT2D eigenvalue weighted by Gasteiger charge is -2.24. The van der Waals surface area contributed by atoms with Gasteiger partial charge in [-0.25, -0.2) is 0 Å². The molecule has 47 heavy (non-hydrogen) atoms. The van der Waals surface area contributed by atoms with E-state index in [0.717, 1.165) is 38.5 Å². The zero-order valence-electron chi connectivity index (χ0n) is 31.9. The van der Waals surface area contributed by atoms with Crippen molar-refractivity contribution >= 4 is 7.60 Å². The Morgan fingerprint density at radius 3 is 1.30 bits per heavy atom. The third-order valence-corrected chi connectivity index (χ3v) is 10.8. The van der Waals surface area contributed by atoms with Gasteiger partial charge < -0.3 is 14.4 Å². The van der Waals surface area contributed by atoms with E-state index in [9.17, 15) is 4.57 Å². The van der Waals surface area contributed by atoms with Crippen molar-refractivity contribution in [3.05, 3.63) is 48.6 Å². The summed E-state index contributed by atoms with van der Waals surface area (Å²) in [4.78, 5) is 0. The highest BCUT2D eigenvalue weighted by Crippen LogP contribution is 2.50. The lowest BCUT2D eigenvalue weighted by Crippen LogP contribution is -2.17. The molecule has 0 aliphatic heterocycles. The molecular formula is C42H80NO3P. The van der Waals surface area contributed by atoms with Crippen LogP contribution in [0.1, 0.15) is 188 Å². The zero-order chi connectivity index (χ0) is 34.4. The Kier molecular flexibility index (Phi) is 37.1. The van der Waals surface area contributed by atoms with Crippen LogP contribution in [-0.2, 0) is 13.6 Å². The fourth-order valence-corrected chi connectivity index (χ4v) is 7.11. The molecule has 0 amide bonds. The summed E-state index contributed by atoms with van der Waals surface area (Å²) >= 11 is 0. The summed E-state index contributed by atoms with van der Waals surface area (Å²) in [6, 6.07) is 0. The minimum Gasteiger partial charge on any atom is -0.317 e. The van der Waals surface area contributed by atoms with E-state index in [4.69, 9.17) is 9.05 Å². The van der Waals surface area contributed by atoms with Crippen LogP contribution in [0.4, 0.5) is 0 Å². The largest absolute Gasteiger partial charge is 0.330 e. The van der Waals surface area contributed by atoms with E-state index in [0.29, 0.717) is 19.3 Å². The van der Waals surface area contributed by atoms with E-state index >= 15 is 0 Å². The predicted octanol–water partition coefficient (Wildman–Crippen LogP) is 14.2. The summed E-state index contributed by atoms with van der Waals surface area (Å²) < 4.78 is 25.4. The second-order valence-corrected chi connectivity index (χ2v) is 15.7. The van der Waals surface area contributed by atoms with Gasteiger partial charge in [0.05, 0.1) is 12.7 Å². The lowest BCUT2D eigenvalue weighted by molar-refractivity contribution is 0.129. The molecule has 0 fully saturated rings. The molecule has 1 unspecified atom stereocenters. The van der Waals surface area contributed by atoms with Crippen molar-refractivity contribution < 1.29 is 13.6 Å². The van der Waals surface area contributed by atoms with Crippen molar-refractivity contribution in [1.29, 1.82) is 0 Å². The summed E-state index contributed by atoms with van der Waals surface area (Å²) in [6.45, 7) is 7.57. The first-order valence-corrected chi connectivity index (χ1v) is 22.0. The number of hydrogen-bond donors (Lipinski definition) is 1. The number of allylic oxidation sites excluding steroid dienone is 8. The van der Waals surface area contributed by atoms with E-state index in [1.165, 1.54) is 128 Å². The molecule has 0 bridgehead atoms. The Bertz CT molecular complexity index is 743. The van der Waals surface area contributed by atoms with Gasteiger partial charge in [0, 0.05) is 12.7 Å².